The summed E-state index contributed by atoms with van der Waals surface area (Å²) >= 11 is 0. The molecule has 0 aliphatic carbocycles. The summed E-state index contributed by atoms with van der Waals surface area (Å²) in [5.41, 5.74) is 7.33. The van der Waals surface area contributed by atoms with E-state index in [0.717, 1.165) is 36.6 Å². The lowest BCUT2D eigenvalue weighted by Gasteiger charge is -2.38. The number of anilines is 1. The third-order valence-electron chi connectivity index (χ3n) is 4.86. The molecule has 1 saturated heterocycles. The molecule has 1 aliphatic rings. The Labute approximate surface area is 151 Å². The highest BCUT2D eigenvalue weighted by Crippen LogP contribution is 2.26. The van der Waals surface area contributed by atoms with Crippen LogP contribution in [0.4, 0.5) is 11.5 Å². The number of nitrogens with two attached hydrogens (primary N) is 1. The molecule has 1 aromatic heterocycles. The maximum atomic E-state index is 10.8. The van der Waals surface area contributed by atoms with Gasteiger partial charge in [0.05, 0.1) is 11.5 Å². The van der Waals surface area contributed by atoms with E-state index in [0.29, 0.717) is 18.7 Å². The second-order valence-electron chi connectivity index (χ2n) is 6.71. The van der Waals surface area contributed by atoms with E-state index in [2.05, 4.69) is 14.9 Å². The van der Waals surface area contributed by atoms with E-state index in [-0.39, 0.29) is 12.3 Å². The fraction of sp³-hybridized carbons (Fsp3) is 0.444. The van der Waals surface area contributed by atoms with Crippen molar-refractivity contribution < 1.29 is 10.0 Å². The van der Waals surface area contributed by atoms with Gasteiger partial charge in [-0.1, -0.05) is 6.92 Å². The molecule has 0 spiro atoms. The van der Waals surface area contributed by atoms with Gasteiger partial charge in [0.1, 0.15) is 5.82 Å². The second-order valence-corrected chi connectivity index (χ2v) is 6.71. The third-order valence-corrected chi connectivity index (χ3v) is 4.86. The number of rotatable bonds is 5. The number of aliphatic hydroxyl groups is 1. The molecule has 1 aliphatic heterocycles. The van der Waals surface area contributed by atoms with Gasteiger partial charge in [-0.25, -0.2) is 9.97 Å². The van der Waals surface area contributed by atoms with Gasteiger partial charge >= 0.3 is 0 Å². The van der Waals surface area contributed by atoms with Crippen molar-refractivity contribution in [1.29, 1.82) is 0 Å². The number of aryl methyl sites for hydroxylation is 1. The number of hydrogen-bond donors (Lipinski definition) is 2. The Morgan fingerprint density at radius 2 is 1.92 bits per heavy atom. The molecule has 2 aromatic rings. The number of hydrogen-bond acceptors (Lipinski definition) is 7. The van der Waals surface area contributed by atoms with Crippen molar-refractivity contribution in [1.82, 2.24) is 9.97 Å². The summed E-state index contributed by atoms with van der Waals surface area (Å²) in [6.45, 7) is 3.45. The molecule has 138 valence electrons. The lowest BCUT2D eigenvalue weighted by atomic mass is 9.89. The number of aromatic nitrogens is 2. The maximum Gasteiger partial charge on any atom is 0.269 e. The van der Waals surface area contributed by atoms with Gasteiger partial charge < -0.3 is 15.7 Å². The molecule has 2 heterocycles. The van der Waals surface area contributed by atoms with Crippen LogP contribution in [0.3, 0.4) is 0 Å². The highest BCUT2D eigenvalue weighted by atomic mass is 16.6. The zero-order chi connectivity index (χ0) is 18.7. The summed E-state index contributed by atoms with van der Waals surface area (Å²) in [4.78, 5) is 21.8. The Balaban J connectivity index is 1.88. The zero-order valence-electron chi connectivity index (χ0n) is 14.8. The van der Waals surface area contributed by atoms with E-state index in [1.54, 1.807) is 12.1 Å². The molecule has 3 N–H and O–H groups in total. The van der Waals surface area contributed by atoms with Crippen LogP contribution in [0.5, 0.6) is 0 Å². The molecule has 26 heavy (non-hydrogen) atoms. The van der Waals surface area contributed by atoms with Crippen LogP contribution in [0.2, 0.25) is 0 Å². The summed E-state index contributed by atoms with van der Waals surface area (Å²) in [7, 11) is 0. The van der Waals surface area contributed by atoms with Crippen LogP contribution >= 0.6 is 0 Å². The normalized spacial score (nSPS) is 16.5. The number of nitrogens with zero attached hydrogens (tertiary/aromatic N) is 4. The summed E-state index contributed by atoms with van der Waals surface area (Å²) in [6.07, 6.45) is 2.16. The minimum absolute atomic E-state index is 0.0150. The van der Waals surface area contributed by atoms with Crippen molar-refractivity contribution in [3.8, 4) is 11.4 Å². The number of nitro groups is 1. The van der Waals surface area contributed by atoms with E-state index in [1.807, 2.05) is 13.0 Å². The van der Waals surface area contributed by atoms with Gasteiger partial charge in [-0.15, -0.1) is 0 Å². The Bertz CT molecular complexity index is 786. The molecular weight excluding hydrogens is 334 g/mol. The van der Waals surface area contributed by atoms with Gasteiger partial charge in [0.2, 0.25) is 0 Å². The minimum atomic E-state index is -0.516. The van der Waals surface area contributed by atoms with Gasteiger partial charge in [-0.3, -0.25) is 10.1 Å². The van der Waals surface area contributed by atoms with Crippen molar-refractivity contribution in [3.63, 3.8) is 0 Å². The van der Waals surface area contributed by atoms with Gasteiger partial charge in [0.15, 0.2) is 5.82 Å². The van der Waals surface area contributed by atoms with E-state index >= 15 is 0 Å². The van der Waals surface area contributed by atoms with Crippen LogP contribution < -0.4 is 10.6 Å². The second kappa shape index (κ2) is 7.35. The van der Waals surface area contributed by atoms with E-state index in [9.17, 15) is 15.2 Å². The first kappa shape index (κ1) is 18.2. The highest BCUT2D eigenvalue weighted by Gasteiger charge is 2.30. The van der Waals surface area contributed by atoms with Crippen molar-refractivity contribution in [3.05, 3.63) is 46.1 Å². The van der Waals surface area contributed by atoms with Crippen molar-refractivity contribution >= 4 is 11.5 Å². The molecule has 8 nitrogen and oxygen atoms in total. The first-order valence-corrected chi connectivity index (χ1v) is 8.71. The monoisotopic (exact) mass is 357 g/mol. The van der Waals surface area contributed by atoms with E-state index in [1.165, 1.54) is 12.1 Å². The molecule has 0 saturated carbocycles. The first-order valence-electron chi connectivity index (χ1n) is 8.71. The molecule has 0 bridgehead atoms. The maximum absolute atomic E-state index is 10.8. The number of non-ortho nitro benzene ring substituents is 1. The fourth-order valence-electron chi connectivity index (χ4n) is 3.03. The van der Waals surface area contributed by atoms with Gasteiger partial charge in [0, 0.05) is 48.1 Å². The fourth-order valence-corrected chi connectivity index (χ4v) is 3.03. The standard InChI is InChI=1S/C18H23N5O3/c1-2-14-11-16(22-9-7-18(19,12-24)8-10-22)21-17(20-14)13-3-5-15(6-4-13)23(25)26/h3-6,11,24H,2,7-10,12,19H2,1H3. The van der Waals surface area contributed by atoms with Crippen molar-refractivity contribution in [2.75, 3.05) is 24.6 Å². The van der Waals surface area contributed by atoms with Crippen LogP contribution in [0.25, 0.3) is 11.4 Å². The average molecular weight is 357 g/mol. The quantitative estimate of drug-likeness (QED) is 0.619. The molecule has 0 radical (unpaired) electrons. The third kappa shape index (κ3) is 3.81. The van der Waals surface area contributed by atoms with Crippen molar-refractivity contribution in [2.45, 2.75) is 31.7 Å². The number of aliphatic hydroxyl groups excluding tert-OH is 1. The van der Waals surface area contributed by atoms with Crippen molar-refractivity contribution in [2.24, 2.45) is 5.73 Å². The lowest BCUT2D eigenvalue weighted by Crippen LogP contribution is -2.53. The minimum Gasteiger partial charge on any atom is -0.394 e. The van der Waals surface area contributed by atoms with Gasteiger partial charge in [-0.2, -0.15) is 0 Å². The summed E-state index contributed by atoms with van der Waals surface area (Å²) in [5.74, 6) is 1.38. The summed E-state index contributed by atoms with van der Waals surface area (Å²) < 4.78 is 0. The molecule has 0 unspecified atom stereocenters. The Morgan fingerprint density at radius 3 is 2.46 bits per heavy atom. The van der Waals surface area contributed by atoms with Crippen LogP contribution in [-0.2, 0) is 6.42 Å². The van der Waals surface area contributed by atoms with Crippen LogP contribution in [0.15, 0.2) is 30.3 Å². The topological polar surface area (TPSA) is 118 Å². The SMILES string of the molecule is CCc1cc(N2CCC(N)(CO)CC2)nc(-c2ccc([N+](=O)[O-])cc2)n1. The lowest BCUT2D eigenvalue weighted by molar-refractivity contribution is -0.384. The molecular formula is C18H23N5O3. The predicted molar refractivity (Wildman–Crippen MR) is 99.0 cm³/mol. The van der Waals surface area contributed by atoms with Crippen LogP contribution in [0, 0.1) is 10.1 Å². The largest absolute Gasteiger partial charge is 0.394 e. The summed E-state index contributed by atoms with van der Waals surface area (Å²) in [5, 5.41) is 20.3. The van der Waals surface area contributed by atoms with Crippen LogP contribution in [0.1, 0.15) is 25.5 Å². The predicted octanol–water partition coefficient (Wildman–Crippen LogP) is 1.90. The highest BCUT2D eigenvalue weighted by molar-refractivity contribution is 5.60. The van der Waals surface area contributed by atoms with E-state index in [4.69, 9.17) is 5.73 Å². The Morgan fingerprint density at radius 1 is 1.27 bits per heavy atom. The summed E-state index contributed by atoms with van der Waals surface area (Å²) in [6, 6.07) is 8.23. The first-order chi connectivity index (χ1) is 12.4. The van der Waals surface area contributed by atoms with E-state index < -0.39 is 10.5 Å². The molecule has 0 amide bonds. The zero-order valence-corrected chi connectivity index (χ0v) is 14.8. The molecule has 8 heteroatoms. The number of piperidine rings is 1. The number of benzene rings is 1. The van der Waals surface area contributed by atoms with Crippen LogP contribution in [-0.4, -0.2) is 45.2 Å². The van der Waals surface area contributed by atoms with Gasteiger partial charge in [0.25, 0.3) is 5.69 Å². The Kier molecular flexibility index (Phi) is 5.15. The molecule has 1 aromatic carbocycles. The molecule has 1 fully saturated rings. The molecule has 3 rings (SSSR count). The smallest absolute Gasteiger partial charge is 0.269 e. The van der Waals surface area contributed by atoms with Gasteiger partial charge in [-0.05, 0) is 31.4 Å². The molecule has 0 atom stereocenters. The average Bonchev–Trinajstić information content (AvgIpc) is 2.68. The Hall–Kier alpha value is -2.58. The number of nitro benzene ring substituents is 1.